The van der Waals surface area contributed by atoms with E-state index < -0.39 is 17.4 Å². The molecule has 38 heavy (non-hydrogen) atoms. The highest BCUT2D eigenvalue weighted by Crippen LogP contribution is 2.39. The second-order valence-corrected chi connectivity index (χ2v) is 9.98. The molecular formula is C33H30O5. The Labute approximate surface area is 223 Å². The average molecular weight is 507 g/mol. The maximum absolute atomic E-state index is 13.3. The van der Waals surface area contributed by atoms with Crippen LogP contribution >= 0.6 is 0 Å². The molecule has 0 heterocycles. The van der Waals surface area contributed by atoms with E-state index in [1.54, 1.807) is 52.0 Å². The number of hydrogen-bond acceptors (Lipinski definition) is 5. The Balaban J connectivity index is 1.69. The van der Waals surface area contributed by atoms with E-state index in [0.717, 1.165) is 34.8 Å². The van der Waals surface area contributed by atoms with Gasteiger partial charge in [0.2, 0.25) is 0 Å². The summed E-state index contributed by atoms with van der Waals surface area (Å²) in [4.78, 5) is 37.3. The first kappa shape index (κ1) is 26.6. The van der Waals surface area contributed by atoms with Crippen molar-refractivity contribution in [3.8, 4) is 22.3 Å². The van der Waals surface area contributed by atoms with Gasteiger partial charge in [-0.1, -0.05) is 97.1 Å². The predicted molar refractivity (Wildman–Crippen MR) is 148 cm³/mol. The lowest BCUT2D eigenvalue weighted by molar-refractivity contribution is -0.0633. The molecule has 4 aromatic rings. The Morgan fingerprint density at radius 3 is 1.26 bits per heavy atom. The Morgan fingerprint density at radius 2 is 0.921 bits per heavy atom. The molecule has 4 aromatic carbocycles. The Hall–Kier alpha value is -4.51. The summed E-state index contributed by atoms with van der Waals surface area (Å²) in [6.07, 6.45) is 0.600. The lowest BCUT2D eigenvalue weighted by Gasteiger charge is -2.33. The lowest BCUT2D eigenvalue weighted by Crippen LogP contribution is -2.33. The van der Waals surface area contributed by atoms with Gasteiger partial charge in [0, 0.05) is 22.3 Å². The zero-order chi connectivity index (χ0) is 27.3. The normalized spacial score (nSPS) is 11.5. The zero-order valence-electron chi connectivity index (χ0n) is 21.9. The molecular weight excluding hydrogens is 476 g/mol. The van der Waals surface area contributed by atoms with Crippen LogP contribution in [-0.4, -0.2) is 18.7 Å². The van der Waals surface area contributed by atoms with Gasteiger partial charge in [0.1, 0.15) is 11.2 Å². The van der Waals surface area contributed by atoms with Crippen molar-refractivity contribution in [1.82, 2.24) is 0 Å². The number of carbonyl (C=O) groups is 3. The van der Waals surface area contributed by atoms with Gasteiger partial charge in [0.05, 0.1) is 0 Å². The minimum atomic E-state index is -1.21. The SMILES string of the molecule is CC(C)(OC(=O)OC(C)(C)c1c(C=O)cccc1-c1ccccc1)c1c(C=O)cccc1-c1ccccc1. The summed E-state index contributed by atoms with van der Waals surface area (Å²) in [5.41, 5.74) is 2.93. The van der Waals surface area contributed by atoms with Crippen LogP contribution in [0, 0.1) is 0 Å². The summed E-state index contributed by atoms with van der Waals surface area (Å²) in [5, 5.41) is 0. The topological polar surface area (TPSA) is 69.7 Å². The molecule has 4 rings (SSSR count). The second-order valence-electron chi connectivity index (χ2n) is 9.98. The molecule has 0 spiro atoms. The third kappa shape index (κ3) is 5.42. The van der Waals surface area contributed by atoms with Crippen molar-refractivity contribution in [2.24, 2.45) is 0 Å². The summed E-state index contributed by atoms with van der Waals surface area (Å²) in [6.45, 7) is 6.91. The highest BCUT2D eigenvalue weighted by Gasteiger charge is 2.36. The van der Waals surface area contributed by atoms with Crippen LogP contribution in [0.1, 0.15) is 59.5 Å². The van der Waals surface area contributed by atoms with Crippen LogP contribution in [0.4, 0.5) is 4.79 Å². The molecule has 0 aliphatic rings. The van der Waals surface area contributed by atoms with E-state index >= 15 is 0 Å². The predicted octanol–water partition coefficient (Wildman–Crippen LogP) is 7.97. The molecule has 5 heteroatoms. The molecule has 0 aliphatic heterocycles. The largest absolute Gasteiger partial charge is 0.510 e. The highest BCUT2D eigenvalue weighted by molar-refractivity contribution is 5.85. The lowest BCUT2D eigenvalue weighted by atomic mass is 9.85. The van der Waals surface area contributed by atoms with Crippen molar-refractivity contribution in [1.29, 1.82) is 0 Å². The number of carbonyl (C=O) groups excluding carboxylic acids is 3. The van der Waals surface area contributed by atoms with Gasteiger partial charge in [-0.25, -0.2) is 4.79 Å². The number of aldehydes is 2. The summed E-state index contributed by atoms with van der Waals surface area (Å²) < 4.78 is 11.8. The van der Waals surface area contributed by atoms with Crippen molar-refractivity contribution in [3.05, 3.63) is 119 Å². The van der Waals surface area contributed by atoms with Crippen molar-refractivity contribution < 1.29 is 23.9 Å². The molecule has 0 unspecified atom stereocenters. The van der Waals surface area contributed by atoms with Gasteiger partial charge in [0.15, 0.2) is 12.6 Å². The molecule has 192 valence electrons. The van der Waals surface area contributed by atoms with E-state index in [-0.39, 0.29) is 0 Å². The first-order valence-corrected chi connectivity index (χ1v) is 12.4. The van der Waals surface area contributed by atoms with Crippen LogP contribution in [-0.2, 0) is 20.7 Å². The van der Waals surface area contributed by atoms with Crippen LogP contribution in [0.2, 0.25) is 0 Å². The summed E-state index contributed by atoms with van der Waals surface area (Å²) in [7, 11) is 0. The zero-order valence-corrected chi connectivity index (χ0v) is 21.9. The molecule has 0 atom stereocenters. The molecule has 0 saturated carbocycles. The highest BCUT2D eigenvalue weighted by atomic mass is 16.7. The Kier molecular flexibility index (Phi) is 7.58. The van der Waals surface area contributed by atoms with Crippen molar-refractivity contribution in [3.63, 3.8) is 0 Å². The third-order valence-electron chi connectivity index (χ3n) is 6.50. The molecule has 0 fully saturated rings. The minimum Gasteiger partial charge on any atom is -0.423 e. The van der Waals surface area contributed by atoms with Crippen LogP contribution in [0.15, 0.2) is 97.1 Å². The van der Waals surface area contributed by atoms with Gasteiger partial charge >= 0.3 is 6.16 Å². The van der Waals surface area contributed by atoms with Crippen molar-refractivity contribution in [2.45, 2.75) is 38.9 Å². The maximum Gasteiger partial charge on any atom is 0.510 e. The minimum absolute atomic E-state index is 0.418. The van der Waals surface area contributed by atoms with Crippen LogP contribution in [0.3, 0.4) is 0 Å². The number of rotatable bonds is 8. The number of hydrogen-bond donors (Lipinski definition) is 0. The quantitative estimate of drug-likeness (QED) is 0.179. The fourth-order valence-corrected chi connectivity index (χ4v) is 4.94. The number of ether oxygens (including phenoxy) is 2. The molecule has 0 saturated heterocycles. The van der Waals surface area contributed by atoms with Gasteiger partial charge in [-0.05, 0) is 49.9 Å². The van der Waals surface area contributed by atoms with Gasteiger partial charge < -0.3 is 9.47 Å². The molecule has 0 amide bonds. The molecule has 0 aromatic heterocycles. The smallest absolute Gasteiger partial charge is 0.423 e. The molecule has 5 nitrogen and oxygen atoms in total. The van der Waals surface area contributed by atoms with E-state index in [9.17, 15) is 14.4 Å². The number of benzene rings is 4. The van der Waals surface area contributed by atoms with Crippen molar-refractivity contribution >= 4 is 18.7 Å². The molecule has 0 N–H and O–H groups in total. The standard InChI is InChI=1S/C33H30O5/c1-32(2,29-25(21-34)17-11-19-27(29)23-13-7-5-8-14-23)37-31(36)38-33(3,4)30-26(22-35)18-12-20-28(30)24-15-9-6-10-16-24/h5-22H,1-4H3. The van der Waals surface area contributed by atoms with Gasteiger partial charge in [-0.3, -0.25) is 9.59 Å². The molecule has 0 radical (unpaired) electrons. The Bertz CT molecular complexity index is 1340. The summed E-state index contributed by atoms with van der Waals surface area (Å²) in [6, 6.07) is 30.0. The second kappa shape index (κ2) is 10.9. The van der Waals surface area contributed by atoms with E-state index in [1.165, 1.54) is 0 Å². The summed E-state index contributed by atoms with van der Waals surface area (Å²) >= 11 is 0. The van der Waals surface area contributed by atoms with E-state index in [2.05, 4.69) is 0 Å². The van der Waals surface area contributed by atoms with Crippen LogP contribution < -0.4 is 0 Å². The molecule has 0 aliphatic carbocycles. The van der Waals surface area contributed by atoms with E-state index in [1.807, 2.05) is 72.8 Å². The Morgan fingerprint density at radius 1 is 0.553 bits per heavy atom. The van der Waals surface area contributed by atoms with E-state index in [4.69, 9.17) is 9.47 Å². The monoisotopic (exact) mass is 506 g/mol. The van der Waals surface area contributed by atoms with E-state index in [0.29, 0.717) is 22.3 Å². The first-order chi connectivity index (χ1) is 18.2. The van der Waals surface area contributed by atoms with Gasteiger partial charge in [-0.15, -0.1) is 0 Å². The van der Waals surface area contributed by atoms with Crippen molar-refractivity contribution in [2.75, 3.05) is 0 Å². The average Bonchev–Trinajstić information content (AvgIpc) is 2.92. The molecule has 0 bridgehead atoms. The fraction of sp³-hybridized carbons (Fsp3) is 0.182. The first-order valence-electron chi connectivity index (χ1n) is 12.4. The third-order valence-corrected chi connectivity index (χ3v) is 6.50. The van der Waals surface area contributed by atoms with Crippen LogP contribution in [0.5, 0.6) is 0 Å². The van der Waals surface area contributed by atoms with Gasteiger partial charge in [-0.2, -0.15) is 0 Å². The summed E-state index contributed by atoms with van der Waals surface area (Å²) in [5.74, 6) is 0. The fourth-order valence-electron chi connectivity index (χ4n) is 4.94. The van der Waals surface area contributed by atoms with Crippen LogP contribution in [0.25, 0.3) is 22.3 Å². The maximum atomic E-state index is 13.3. The van der Waals surface area contributed by atoms with Gasteiger partial charge in [0.25, 0.3) is 0 Å².